The minimum atomic E-state index is -3.80. The fourth-order valence-electron chi connectivity index (χ4n) is 2.11. The summed E-state index contributed by atoms with van der Waals surface area (Å²) < 4.78 is 39.8. The van der Waals surface area contributed by atoms with E-state index in [4.69, 9.17) is 11.6 Å². The van der Waals surface area contributed by atoms with Crippen molar-refractivity contribution in [2.75, 3.05) is 10.0 Å². The van der Waals surface area contributed by atoms with E-state index in [1.807, 2.05) is 0 Å². The zero-order valence-corrected chi connectivity index (χ0v) is 14.9. The summed E-state index contributed by atoms with van der Waals surface area (Å²) in [6.45, 7) is 0.433. The third-order valence-corrected chi connectivity index (χ3v) is 4.98. The molecule has 134 valence electrons. The van der Waals surface area contributed by atoms with Gasteiger partial charge >= 0.3 is 0 Å². The van der Waals surface area contributed by atoms with Gasteiger partial charge in [0.1, 0.15) is 11.6 Å². The summed E-state index contributed by atoms with van der Waals surface area (Å²) in [5.74, 6) is 0.238. The van der Waals surface area contributed by atoms with Crippen molar-refractivity contribution in [2.45, 2.75) is 11.4 Å². The molecule has 2 N–H and O–H groups in total. The lowest BCUT2D eigenvalue weighted by Crippen LogP contribution is -2.14. The van der Waals surface area contributed by atoms with E-state index in [1.165, 1.54) is 30.3 Å². The van der Waals surface area contributed by atoms with Crippen LogP contribution in [0.15, 0.2) is 65.6 Å². The molecule has 2 aromatic carbocycles. The molecule has 6 nitrogen and oxygen atoms in total. The van der Waals surface area contributed by atoms with Crippen LogP contribution in [0, 0.1) is 5.82 Å². The second kappa shape index (κ2) is 7.67. The number of nitrogens with zero attached hydrogens (tertiary/aromatic N) is 2. The molecule has 0 unspecified atom stereocenters. The summed E-state index contributed by atoms with van der Waals surface area (Å²) in [6, 6.07) is 15.0. The van der Waals surface area contributed by atoms with E-state index in [1.54, 1.807) is 30.3 Å². The molecular weight excluding hydrogens is 379 g/mol. The third kappa shape index (κ3) is 4.68. The Balaban J connectivity index is 1.64. The Labute approximate surface area is 155 Å². The molecule has 0 bridgehead atoms. The minimum Gasteiger partial charge on any atom is -0.365 e. The molecule has 0 saturated heterocycles. The van der Waals surface area contributed by atoms with E-state index in [-0.39, 0.29) is 16.5 Å². The van der Waals surface area contributed by atoms with Gasteiger partial charge in [-0.25, -0.2) is 12.8 Å². The average molecular weight is 393 g/mol. The molecule has 0 aliphatic carbocycles. The van der Waals surface area contributed by atoms with Crippen LogP contribution < -0.4 is 10.0 Å². The van der Waals surface area contributed by atoms with Gasteiger partial charge in [-0.15, -0.1) is 10.2 Å². The van der Waals surface area contributed by atoms with Crippen molar-refractivity contribution in [3.8, 4) is 0 Å². The van der Waals surface area contributed by atoms with Crippen molar-refractivity contribution in [1.82, 2.24) is 10.2 Å². The van der Waals surface area contributed by atoms with Gasteiger partial charge in [-0.1, -0.05) is 29.8 Å². The molecule has 0 radical (unpaired) electrons. The van der Waals surface area contributed by atoms with Gasteiger partial charge < -0.3 is 5.32 Å². The van der Waals surface area contributed by atoms with Crippen molar-refractivity contribution in [3.05, 3.63) is 77.1 Å². The van der Waals surface area contributed by atoms with E-state index >= 15 is 0 Å². The third-order valence-electron chi connectivity index (χ3n) is 3.40. The number of hydrogen-bond donors (Lipinski definition) is 2. The first-order chi connectivity index (χ1) is 12.4. The lowest BCUT2D eigenvalue weighted by atomic mass is 10.2. The number of halogens is 2. The Morgan fingerprint density at radius 3 is 2.31 bits per heavy atom. The molecular formula is C17H14ClFN4O2S. The maximum Gasteiger partial charge on any atom is 0.263 e. The fourth-order valence-corrected chi connectivity index (χ4v) is 3.40. The lowest BCUT2D eigenvalue weighted by Gasteiger charge is -2.08. The van der Waals surface area contributed by atoms with Gasteiger partial charge in [-0.05, 0) is 48.0 Å². The summed E-state index contributed by atoms with van der Waals surface area (Å²) >= 11 is 5.82. The minimum absolute atomic E-state index is 0.0327. The van der Waals surface area contributed by atoms with Crippen LogP contribution in [0.5, 0.6) is 0 Å². The van der Waals surface area contributed by atoms with E-state index in [0.29, 0.717) is 17.4 Å². The summed E-state index contributed by atoms with van der Waals surface area (Å²) in [5.41, 5.74) is 0.874. The molecule has 0 amide bonds. The van der Waals surface area contributed by atoms with Crippen molar-refractivity contribution < 1.29 is 12.8 Å². The molecule has 0 saturated carbocycles. The Morgan fingerprint density at radius 1 is 0.962 bits per heavy atom. The number of aromatic nitrogens is 2. The topological polar surface area (TPSA) is 84.0 Å². The molecule has 0 atom stereocenters. The zero-order chi connectivity index (χ0) is 18.6. The highest BCUT2D eigenvalue weighted by molar-refractivity contribution is 7.92. The average Bonchev–Trinajstić information content (AvgIpc) is 2.62. The number of nitrogens with one attached hydrogen (secondary N) is 2. The lowest BCUT2D eigenvalue weighted by molar-refractivity contribution is 0.601. The van der Waals surface area contributed by atoms with Crippen LogP contribution in [0.1, 0.15) is 5.56 Å². The van der Waals surface area contributed by atoms with Crippen LogP contribution in [0.25, 0.3) is 0 Å². The quantitative estimate of drug-likeness (QED) is 0.668. The van der Waals surface area contributed by atoms with Crippen molar-refractivity contribution in [3.63, 3.8) is 0 Å². The molecule has 26 heavy (non-hydrogen) atoms. The summed E-state index contributed by atoms with van der Waals surface area (Å²) in [6.07, 6.45) is 0. The van der Waals surface area contributed by atoms with E-state index < -0.39 is 10.0 Å². The molecule has 1 aromatic heterocycles. The van der Waals surface area contributed by atoms with Crippen molar-refractivity contribution in [1.29, 1.82) is 0 Å². The zero-order valence-electron chi connectivity index (χ0n) is 13.4. The first-order valence-electron chi connectivity index (χ1n) is 7.53. The van der Waals surface area contributed by atoms with Crippen LogP contribution >= 0.6 is 11.6 Å². The number of anilines is 2. The van der Waals surface area contributed by atoms with E-state index in [9.17, 15) is 12.8 Å². The first-order valence-corrected chi connectivity index (χ1v) is 9.39. The monoisotopic (exact) mass is 392 g/mol. The Bertz CT molecular complexity index is 996. The van der Waals surface area contributed by atoms with E-state index in [0.717, 1.165) is 5.56 Å². The van der Waals surface area contributed by atoms with Gasteiger partial charge in [-0.2, -0.15) is 0 Å². The molecule has 1 heterocycles. The maximum atomic E-state index is 12.9. The summed E-state index contributed by atoms with van der Waals surface area (Å²) in [7, 11) is -3.80. The molecule has 3 aromatic rings. The highest BCUT2D eigenvalue weighted by atomic mass is 35.5. The predicted octanol–water partition coefficient (Wildman–Crippen LogP) is 3.68. The molecule has 3 rings (SSSR count). The normalized spacial score (nSPS) is 11.2. The second-order valence-electron chi connectivity index (χ2n) is 5.35. The fraction of sp³-hybridized carbons (Fsp3) is 0.0588. The van der Waals surface area contributed by atoms with Crippen LogP contribution in [-0.4, -0.2) is 18.6 Å². The van der Waals surface area contributed by atoms with Gasteiger partial charge in [0.25, 0.3) is 10.0 Å². The largest absolute Gasteiger partial charge is 0.365 e. The van der Waals surface area contributed by atoms with Crippen LogP contribution in [0.3, 0.4) is 0 Å². The van der Waals surface area contributed by atoms with Crippen LogP contribution in [0.4, 0.5) is 16.0 Å². The highest BCUT2D eigenvalue weighted by Crippen LogP contribution is 2.18. The molecule has 9 heteroatoms. The molecule has 0 aliphatic heterocycles. The Kier molecular flexibility index (Phi) is 5.34. The Morgan fingerprint density at radius 2 is 1.65 bits per heavy atom. The number of benzene rings is 2. The SMILES string of the molecule is O=S(=O)(Nc1ccc(NCc2ccc(F)cc2)nn1)c1cccc(Cl)c1. The molecule has 0 spiro atoms. The van der Waals surface area contributed by atoms with Gasteiger partial charge in [0.2, 0.25) is 0 Å². The van der Waals surface area contributed by atoms with Gasteiger partial charge in [0.05, 0.1) is 4.90 Å². The number of hydrogen-bond acceptors (Lipinski definition) is 5. The smallest absolute Gasteiger partial charge is 0.263 e. The standard InChI is InChI=1S/C17H14ClFN4O2S/c18-13-2-1-3-15(10-13)26(24,25)23-17-9-8-16(21-22-17)20-11-12-4-6-14(19)7-5-12/h1-10H,11H2,(H,20,21)(H,22,23). The van der Waals surface area contributed by atoms with Crippen molar-refractivity contribution in [2.24, 2.45) is 0 Å². The highest BCUT2D eigenvalue weighted by Gasteiger charge is 2.15. The first kappa shape index (κ1) is 18.1. The maximum absolute atomic E-state index is 12.9. The molecule has 0 fully saturated rings. The van der Waals surface area contributed by atoms with Gasteiger partial charge in [0.15, 0.2) is 5.82 Å². The number of rotatable bonds is 6. The number of sulfonamides is 1. The van der Waals surface area contributed by atoms with Crippen LogP contribution in [0.2, 0.25) is 5.02 Å². The van der Waals surface area contributed by atoms with Crippen LogP contribution in [-0.2, 0) is 16.6 Å². The van der Waals surface area contributed by atoms with Gasteiger partial charge in [-0.3, -0.25) is 4.72 Å². The predicted molar refractivity (Wildman–Crippen MR) is 98.0 cm³/mol. The molecule has 0 aliphatic rings. The van der Waals surface area contributed by atoms with Gasteiger partial charge in [0, 0.05) is 11.6 Å². The van der Waals surface area contributed by atoms with Crippen molar-refractivity contribution >= 4 is 33.3 Å². The van der Waals surface area contributed by atoms with E-state index in [2.05, 4.69) is 20.2 Å². The summed E-state index contributed by atoms with van der Waals surface area (Å²) in [5, 5.41) is 11.1. The Hall–Kier alpha value is -2.71. The second-order valence-corrected chi connectivity index (χ2v) is 7.47. The summed E-state index contributed by atoms with van der Waals surface area (Å²) in [4.78, 5) is 0.0327.